The number of hydrogen-bond acceptors (Lipinski definition) is 3. The molecule has 1 aromatic rings. The zero-order chi connectivity index (χ0) is 13.0. The maximum Gasteiger partial charge on any atom is 0.228 e. The highest BCUT2D eigenvalue weighted by molar-refractivity contribution is 5.94. The minimum absolute atomic E-state index is 0.169. The van der Waals surface area contributed by atoms with Gasteiger partial charge in [-0.1, -0.05) is 13.0 Å². The predicted octanol–water partition coefficient (Wildman–Crippen LogP) is 1.62. The first kappa shape index (κ1) is 13.1. The van der Waals surface area contributed by atoms with E-state index in [4.69, 9.17) is 11.0 Å². The Morgan fingerprint density at radius 1 is 1.53 bits per heavy atom. The van der Waals surface area contributed by atoms with Crippen LogP contribution in [-0.4, -0.2) is 11.9 Å². The third kappa shape index (κ3) is 3.02. The smallest absolute Gasteiger partial charge is 0.228 e. The molecule has 3 N–H and O–H groups in total. The highest BCUT2D eigenvalue weighted by Gasteiger charge is 2.18. The average Bonchev–Trinajstić information content (AvgIpc) is 2.28. The van der Waals surface area contributed by atoms with Crippen LogP contribution in [0.25, 0.3) is 0 Å². The Morgan fingerprint density at radius 3 is 2.71 bits per heavy atom. The number of nitrogens with two attached hydrogens (primary N) is 1. The lowest BCUT2D eigenvalue weighted by Crippen LogP contribution is -2.34. The van der Waals surface area contributed by atoms with Crippen molar-refractivity contribution in [2.75, 3.05) is 5.32 Å². The molecule has 4 nitrogen and oxygen atoms in total. The zero-order valence-corrected chi connectivity index (χ0v) is 9.70. The number of benzene rings is 1. The molecule has 90 valence electrons. The standard InChI is InChI=1S/C12H14FN3O/c1-7(8(2)15)12(17)16-11-5-3-4-10(13)9(11)6-14/h3-5,7-8H,15H2,1-2H3,(H,16,17). The van der Waals surface area contributed by atoms with Crippen molar-refractivity contribution in [3.05, 3.63) is 29.6 Å². The number of nitrogens with zero attached hydrogens (tertiary/aromatic N) is 1. The molecular weight excluding hydrogens is 221 g/mol. The van der Waals surface area contributed by atoms with E-state index in [0.29, 0.717) is 0 Å². The molecule has 0 bridgehead atoms. The van der Waals surface area contributed by atoms with Gasteiger partial charge in [0.1, 0.15) is 17.4 Å². The van der Waals surface area contributed by atoms with Crippen LogP contribution in [0.4, 0.5) is 10.1 Å². The lowest BCUT2D eigenvalue weighted by atomic mass is 10.0. The van der Waals surface area contributed by atoms with Gasteiger partial charge in [-0.15, -0.1) is 0 Å². The highest BCUT2D eigenvalue weighted by atomic mass is 19.1. The molecule has 2 unspecified atom stereocenters. The first-order valence-corrected chi connectivity index (χ1v) is 5.22. The van der Waals surface area contributed by atoms with E-state index in [1.165, 1.54) is 18.2 Å². The number of anilines is 1. The van der Waals surface area contributed by atoms with Gasteiger partial charge in [0.2, 0.25) is 5.91 Å². The first-order valence-electron chi connectivity index (χ1n) is 5.22. The van der Waals surface area contributed by atoms with E-state index >= 15 is 0 Å². The van der Waals surface area contributed by atoms with E-state index in [2.05, 4.69) is 5.32 Å². The van der Waals surface area contributed by atoms with Gasteiger partial charge < -0.3 is 11.1 Å². The van der Waals surface area contributed by atoms with Crippen LogP contribution in [0.2, 0.25) is 0 Å². The van der Waals surface area contributed by atoms with E-state index < -0.39 is 11.7 Å². The van der Waals surface area contributed by atoms with Gasteiger partial charge >= 0.3 is 0 Å². The van der Waals surface area contributed by atoms with Crippen molar-refractivity contribution in [2.45, 2.75) is 19.9 Å². The molecule has 0 aliphatic heterocycles. The van der Waals surface area contributed by atoms with Crippen LogP contribution in [0.5, 0.6) is 0 Å². The first-order chi connectivity index (χ1) is 7.97. The lowest BCUT2D eigenvalue weighted by molar-refractivity contribution is -0.119. The third-order valence-electron chi connectivity index (χ3n) is 2.59. The Bertz CT molecular complexity index is 465. The molecule has 5 heteroatoms. The molecule has 0 saturated carbocycles. The Morgan fingerprint density at radius 2 is 2.18 bits per heavy atom. The Balaban J connectivity index is 2.94. The fourth-order valence-electron chi connectivity index (χ4n) is 1.23. The topological polar surface area (TPSA) is 78.9 Å². The lowest BCUT2D eigenvalue weighted by Gasteiger charge is -2.15. The monoisotopic (exact) mass is 235 g/mol. The second-order valence-electron chi connectivity index (χ2n) is 3.91. The van der Waals surface area contributed by atoms with Crippen molar-refractivity contribution in [3.63, 3.8) is 0 Å². The summed E-state index contributed by atoms with van der Waals surface area (Å²) in [6, 6.07) is 5.49. The molecule has 17 heavy (non-hydrogen) atoms. The number of carbonyl (C=O) groups is 1. The largest absolute Gasteiger partial charge is 0.327 e. The Hall–Kier alpha value is -1.93. The van der Waals surface area contributed by atoms with E-state index in [1.54, 1.807) is 19.9 Å². The molecule has 0 radical (unpaired) electrons. The molecule has 0 saturated heterocycles. The summed E-state index contributed by atoms with van der Waals surface area (Å²) >= 11 is 0. The summed E-state index contributed by atoms with van der Waals surface area (Å²) in [5, 5.41) is 11.3. The van der Waals surface area contributed by atoms with E-state index in [0.717, 1.165) is 0 Å². The van der Waals surface area contributed by atoms with Crippen LogP contribution < -0.4 is 11.1 Å². The Labute approximate surface area is 99.2 Å². The van der Waals surface area contributed by atoms with Crippen LogP contribution in [0.1, 0.15) is 19.4 Å². The summed E-state index contributed by atoms with van der Waals surface area (Å²) in [5.74, 6) is -1.40. The fraction of sp³-hybridized carbons (Fsp3) is 0.333. The number of rotatable bonds is 3. The maximum atomic E-state index is 13.3. The van der Waals surface area contributed by atoms with Gasteiger partial charge in [0.15, 0.2) is 0 Å². The molecular formula is C12H14FN3O. The molecule has 0 spiro atoms. The minimum atomic E-state index is -0.654. The van der Waals surface area contributed by atoms with Gasteiger partial charge in [-0.05, 0) is 19.1 Å². The van der Waals surface area contributed by atoms with Crippen molar-refractivity contribution in [1.82, 2.24) is 0 Å². The number of halogens is 1. The second-order valence-corrected chi connectivity index (χ2v) is 3.91. The third-order valence-corrected chi connectivity index (χ3v) is 2.59. The number of amides is 1. The van der Waals surface area contributed by atoms with Crippen LogP contribution in [0.15, 0.2) is 18.2 Å². The molecule has 0 heterocycles. The summed E-state index contributed by atoms with van der Waals surface area (Å²) in [6.45, 7) is 3.38. The second kappa shape index (κ2) is 5.41. The van der Waals surface area contributed by atoms with Crippen LogP contribution in [0.3, 0.4) is 0 Å². The van der Waals surface area contributed by atoms with Gasteiger partial charge in [0.25, 0.3) is 0 Å². The molecule has 0 aliphatic carbocycles. The molecule has 1 amide bonds. The summed E-state index contributed by atoms with van der Waals surface area (Å²) in [7, 11) is 0. The molecule has 0 aliphatic rings. The summed E-state index contributed by atoms with van der Waals surface area (Å²) in [6.07, 6.45) is 0. The predicted molar refractivity (Wildman–Crippen MR) is 62.6 cm³/mol. The van der Waals surface area contributed by atoms with Gasteiger partial charge in [-0.25, -0.2) is 4.39 Å². The molecule has 2 atom stereocenters. The molecule has 0 aromatic heterocycles. The Kier molecular flexibility index (Phi) is 4.18. The van der Waals surface area contributed by atoms with Gasteiger partial charge in [-0.2, -0.15) is 5.26 Å². The number of carbonyl (C=O) groups excluding carboxylic acids is 1. The van der Waals surface area contributed by atoms with Crippen LogP contribution >= 0.6 is 0 Å². The fourth-order valence-corrected chi connectivity index (χ4v) is 1.23. The number of nitriles is 1. The molecule has 0 fully saturated rings. The summed E-state index contributed by atoms with van der Waals surface area (Å²) < 4.78 is 13.3. The van der Waals surface area contributed by atoms with Crippen molar-refractivity contribution >= 4 is 11.6 Å². The summed E-state index contributed by atoms with van der Waals surface area (Å²) in [4.78, 5) is 11.7. The molecule has 1 rings (SSSR count). The normalized spacial score (nSPS) is 13.6. The number of nitrogens with one attached hydrogen (secondary N) is 1. The van der Waals surface area contributed by atoms with Crippen LogP contribution in [0, 0.1) is 23.1 Å². The quantitative estimate of drug-likeness (QED) is 0.835. The molecule has 1 aromatic carbocycles. The van der Waals surface area contributed by atoms with E-state index in [9.17, 15) is 9.18 Å². The minimum Gasteiger partial charge on any atom is -0.327 e. The highest BCUT2D eigenvalue weighted by Crippen LogP contribution is 2.18. The van der Waals surface area contributed by atoms with Gasteiger partial charge in [0.05, 0.1) is 11.6 Å². The average molecular weight is 235 g/mol. The van der Waals surface area contributed by atoms with Gasteiger partial charge in [0, 0.05) is 6.04 Å². The van der Waals surface area contributed by atoms with E-state index in [1.807, 2.05) is 0 Å². The van der Waals surface area contributed by atoms with Gasteiger partial charge in [-0.3, -0.25) is 4.79 Å². The van der Waals surface area contributed by atoms with Crippen molar-refractivity contribution in [2.24, 2.45) is 11.7 Å². The van der Waals surface area contributed by atoms with Crippen LogP contribution in [-0.2, 0) is 4.79 Å². The number of hydrogen-bond donors (Lipinski definition) is 2. The van der Waals surface area contributed by atoms with E-state index in [-0.39, 0.29) is 23.2 Å². The SMILES string of the molecule is CC(N)C(C)C(=O)Nc1cccc(F)c1C#N. The summed E-state index contributed by atoms with van der Waals surface area (Å²) in [5.41, 5.74) is 5.59. The maximum absolute atomic E-state index is 13.3. The van der Waals surface area contributed by atoms with Crippen molar-refractivity contribution < 1.29 is 9.18 Å². The zero-order valence-electron chi connectivity index (χ0n) is 9.70. The van der Waals surface area contributed by atoms with Crippen molar-refractivity contribution in [1.29, 1.82) is 5.26 Å². The van der Waals surface area contributed by atoms with Crippen molar-refractivity contribution in [3.8, 4) is 6.07 Å².